The van der Waals surface area contributed by atoms with Crippen LogP contribution in [0.2, 0.25) is 0 Å². The first-order valence-electron chi connectivity index (χ1n) is 7.91. The Morgan fingerprint density at radius 1 is 1.20 bits per heavy atom. The molecular formula is C18H30N2. The van der Waals surface area contributed by atoms with E-state index < -0.39 is 0 Å². The van der Waals surface area contributed by atoms with Crippen molar-refractivity contribution in [1.29, 1.82) is 0 Å². The Bertz CT molecular complexity index is 437. The largest absolute Gasteiger partial charge is 0.371 e. The highest BCUT2D eigenvalue weighted by atomic mass is 15.1. The molecule has 0 aliphatic carbocycles. The summed E-state index contributed by atoms with van der Waals surface area (Å²) in [5.74, 6) is 0.858. The molecule has 1 aliphatic heterocycles. The second-order valence-corrected chi connectivity index (χ2v) is 7.29. The number of benzene rings is 1. The van der Waals surface area contributed by atoms with Gasteiger partial charge in [-0.25, -0.2) is 0 Å². The molecule has 0 aromatic heterocycles. The van der Waals surface area contributed by atoms with E-state index in [4.69, 9.17) is 0 Å². The molecule has 1 aromatic carbocycles. The predicted octanol–water partition coefficient (Wildman–Crippen LogP) is 3.98. The number of anilines is 1. The minimum absolute atomic E-state index is 0.452. The fourth-order valence-corrected chi connectivity index (χ4v) is 3.34. The van der Waals surface area contributed by atoms with Gasteiger partial charge in [-0.2, -0.15) is 0 Å². The summed E-state index contributed by atoms with van der Waals surface area (Å²) in [4.78, 5) is 2.58. The maximum atomic E-state index is 3.30. The number of piperidine rings is 1. The second kappa shape index (κ2) is 6.17. The van der Waals surface area contributed by atoms with Crippen molar-refractivity contribution in [2.45, 2.75) is 47.1 Å². The highest BCUT2D eigenvalue weighted by molar-refractivity contribution is 5.55. The molecule has 2 nitrogen and oxygen atoms in total. The smallest absolute Gasteiger partial charge is 0.0412 e. The number of hydrogen-bond donors (Lipinski definition) is 1. The molecule has 0 atom stereocenters. The van der Waals surface area contributed by atoms with Gasteiger partial charge in [-0.05, 0) is 49.8 Å². The Labute approximate surface area is 124 Å². The lowest BCUT2D eigenvalue weighted by Gasteiger charge is -2.40. The molecule has 2 heteroatoms. The van der Waals surface area contributed by atoms with Gasteiger partial charge in [0.2, 0.25) is 0 Å². The van der Waals surface area contributed by atoms with Crippen molar-refractivity contribution in [3.05, 3.63) is 29.3 Å². The van der Waals surface area contributed by atoms with Gasteiger partial charge in [-0.1, -0.05) is 38.5 Å². The van der Waals surface area contributed by atoms with Gasteiger partial charge in [0.15, 0.2) is 0 Å². The van der Waals surface area contributed by atoms with Gasteiger partial charge >= 0.3 is 0 Å². The van der Waals surface area contributed by atoms with E-state index in [0.717, 1.165) is 12.5 Å². The Balaban J connectivity index is 2.10. The molecule has 1 aromatic rings. The number of nitrogens with zero attached hydrogens (tertiary/aromatic N) is 1. The molecule has 1 heterocycles. The summed E-state index contributed by atoms with van der Waals surface area (Å²) in [6.07, 6.45) is 2.63. The summed E-state index contributed by atoms with van der Waals surface area (Å²) in [5, 5.41) is 3.30. The molecule has 0 amide bonds. The van der Waals surface area contributed by atoms with E-state index >= 15 is 0 Å². The molecule has 0 unspecified atom stereocenters. The van der Waals surface area contributed by atoms with Crippen molar-refractivity contribution in [1.82, 2.24) is 5.32 Å². The highest BCUT2D eigenvalue weighted by Crippen LogP contribution is 2.36. The lowest BCUT2D eigenvalue weighted by atomic mass is 9.75. The molecule has 1 aliphatic rings. The van der Waals surface area contributed by atoms with Gasteiger partial charge in [0, 0.05) is 25.3 Å². The van der Waals surface area contributed by atoms with Crippen molar-refractivity contribution in [2.24, 2.45) is 11.3 Å². The van der Waals surface area contributed by atoms with Crippen LogP contribution in [0.25, 0.3) is 0 Å². The summed E-state index contributed by atoms with van der Waals surface area (Å²) in [6.45, 7) is 12.7. The van der Waals surface area contributed by atoms with Crippen molar-refractivity contribution in [2.75, 3.05) is 25.0 Å². The number of hydrogen-bond acceptors (Lipinski definition) is 2. The zero-order valence-electron chi connectivity index (χ0n) is 13.8. The normalized spacial score (nSPS) is 17.6. The first kappa shape index (κ1) is 15.4. The number of nitrogens with one attached hydrogen (secondary N) is 1. The molecule has 0 bridgehead atoms. The van der Waals surface area contributed by atoms with Crippen molar-refractivity contribution >= 4 is 5.69 Å². The molecule has 1 fully saturated rings. The summed E-state index contributed by atoms with van der Waals surface area (Å²) < 4.78 is 0. The predicted molar refractivity (Wildman–Crippen MR) is 88.3 cm³/mol. The Morgan fingerprint density at radius 2 is 1.85 bits per heavy atom. The van der Waals surface area contributed by atoms with Gasteiger partial charge in [0.05, 0.1) is 0 Å². The average Bonchev–Trinajstić information content (AvgIpc) is 2.38. The summed E-state index contributed by atoms with van der Waals surface area (Å²) in [7, 11) is 2.03. The molecule has 0 saturated carbocycles. The standard InChI is InChI=1S/C18H30N2/c1-14-6-7-17(15(12-14)13-19-5)20-10-8-16(9-11-20)18(2,3)4/h6-7,12,16,19H,8-11,13H2,1-5H3. The highest BCUT2D eigenvalue weighted by Gasteiger charge is 2.29. The van der Waals surface area contributed by atoms with Crippen LogP contribution >= 0.6 is 0 Å². The zero-order chi connectivity index (χ0) is 14.8. The van der Waals surface area contributed by atoms with E-state index in [2.05, 4.69) is 56.1 Å². The maximum Gasteiger partial charge on any atom is 0.0412 e. The molecule has 2 rings (SSSR count). The third-order valence-corrected chi connectivity index (χ3v) is 4.66. The maximum absolute atomic E-state index is 3.30. The van der Waals surface area contributed by atoms with Gasteiger partial charge in [-0.15, -0.1) is 0 Å². The molecule has 0 spiro atoms. The van der Waals surface area contributed by atoms with Crippen LogP contribution in [-0.4, -0.2) is 20.1 Å². The second-order valence-electron chi connectivity index (χ2n) is 7.29. The van der Waals surface area contributed by atoms with Crippen LogP contribution in [0, 0.1) is 18.3 Å². The van der Waals surface area contributed by atoms with Crippen molar-refractivity contribution in [3.63, 3.8) is 0 Å². The quantitative estimate of drug-likeness (QED) is 0.897. The van der Waals surface area contributed by atoms with E-state index in [1.165, 1.54) is 42.7 Å². The molecule has 20 heavy (non-hydrogen) atoms. The third-order valence-electron chi connectivity index (χ3n) is 4.66. The van der Waals surface area contributed by atoms with E-state index in [1.807, 2.05) is 7.05 Å². The van der Waals surface area contributed by atoms with E-state index in [1.54, 1.807) is 0 Å². The Kier molecular flexibility index (Phi) is 4.74. The van der Waals surface area contributed by atoms with Crippen molar-refractivity contribution < 1.29 is 0 Å². The van der Waals surface area contributed by atoms with Crippen LogP contribution in [0.3, 0.4) is 0 Å². The summed E-state index contributed by atoms with van der Waals surface area (Å²) in [5.41, 5.74) is 4.66. The lowest BCUT2D eigenvalue weighted by Crippen LogP contribution is -2.38. The van der Waals surface area contributed by atoms with Crippen LogP contribution in [0.5, 0.6) is 0 Å². The van der Waals surface area contributed by atoms with Crippen LogP contribution in [0.1, 0.15) is 44.7 Å². The van der Waals surface area contributed by atoms with Crippen LogP contribution < -0.4 is 10.2 Å². The minimum Gasteiger partial charge on any atom is -0.371 e. The number of aryl methyl sites for hydroxylation is 1. The Hall–Kier alpha value is -1.02. The Morgan fingerprint density at radius 3 is 2.40 bits per heavy atom. The van der Waals surface area contributed by atoms with Gasteiger partial charge in [0.25, 0.3) is 0 Å². The van der Waals surface area contributed by atoms with E-state index in [9.17, 15) is 0 Å². The van der Waals surface area contributed by atoms with Crippen LogP contribution in [-0.2, 0) is 6.54 Å². The average molecular weight is 274 g/mol. The fraction of sp³-hybridized carbons (Fsp3) is 0.667. The molecule has 1 N–H and O–H groups in total. The fourth-order valence-electron chi connectivity index (χ4n) is 3.34. The topological polar surface area (TPSA) is 15.3 Å². The van der Waals surface area contributed by atoms with Crippen LogP contribution in [0.4, 0.5) is 5.69 Å². The third kappa shape index (κ3) is 3.54. The SMILES string of the molecule is CNCc1cc(C)ccc1N1CCC(C(C)(C)C)CC1. The van der Waals surface area contributed by atoms with Gasteiger partial charge in [-0.3, -0.25) is 0 Å². The first-order valence-corrected chi connectivity index (χ1v) is 7.91. The van der Waals surface area contributed by atoms with Crippen molar-refractivity contribution in [3.8, 4) is 0 Å². The van der Waals surface area contributed by atoms with E-state index in [-0.39, 0.29) is 0 Å². The molecular weight excluding hydrogens is 244 g/mol. The number of rotatable bonds is 3. The summed E-state index contributed by atoms with van der Waals surface area (Å²) in [6, 6.07) is 6.87. The monoisotopic (exact) mass is 274 g/mol. The molecule has 0 radical (unpaired) electrons. The van der Waals surface area contributed by atoms with Gasteiger partial charge in [0.1, 0.15) is 0 Å². The zero-order valence-corrected chi connectivity index (χ0v) is 13.8. The first-order chi connectivity index (χ1) is 9.41. The van der Waals surface area contributed by atoms with Crippen LogP contribution in [0.15, 0.2) is 18.2 Å². The molecule has 112 valence electrons. The van der Waals surface area contributed by atoms with E-state index in [0.29, 0.717) is 5.41 Å². The lowest BCUT2D eigenvalue weighted by molar-refractivity contribution is 0.199. The van der Waals surface area contributed by atoms with Gasteiger partial charge < -0.3 is 10.2 Å². The molecule has 1 saturated heterocycles. The summed E-state index contributed by atoms with van der Waals surface area (Å²) >= 11 is 0. The minimum atomic E-state index is 0.452.